The summed E-state index contributed by atoms with van der Waals surface area (Å²) in [7, 11) is 0. The Morgan fingerprint density at radius 2 is 2.27 bits per heavy atom. The third-order valence-corrected chi connectivity index (χ3v) is 2.36. The van der Waals surface area contributed by atoms with E-state index in [0.29, 0.717) is 6.42 Å². The largest absolute Gasteiger partial charge is 0.444 e. The molecular formula is C11H18N2O2. The normalized spacial score (nSPS) is 20.4. The van der Waals surface area contributed by atoms with Crippen LogP contribution in [0.25, 0.3) is 0 Å². The number of ether oxygens (including phenoxy) is 1. The number of rotatable bonds is 2. The van der Waals surface area contributed by atoms with Crippen LogP contribution in [0.3, 0.4) is 0 Å². The molecule has 1 amide bonds. The SMILES string of the molecule is CC(C)(C)OC(=O)N1CCC1CCC#N. The van der Waals surface area contributed by atoms with Crippen molar-refractivity contribution >= 4 is 6.09 Å². The highest BCUT2D eigenvalue weighted by Gasteiger charge is 2.34. The fraction of sp³-hybridized carbons (Fsp3) is 0.818. The molecule has 15 heavy (non-hydrogen) atoms. The highest BCUT2D eigenvalue weighted by Crippen LogP contribution is 2.24. The van der Waals surface area contributed by atoms with Gasteiger partial charge < -0.3 is 9.64 Å². The lowest BCUT2D eigenvalue weighted by atomic mass is 9.99. The molecule has 1 saturated heterocycles. The lowest BCUT2D eigenvalue weighted by molar-refractivity contribution is -0.00636. The van der Waals surface area contributed by atoms with Crippen molar-refractivity contribution in [2.24, 2.45) is 0 Å². The smallest absolute Gasteiger partial charge is 0.410 e. The molecule has 0 aromatic heterocycles. The molecule has 1 unspecified atom stereocenters. The molecule has 0 spiro atoms. The van der Waals surface area contributed by atoms with Crippen molar-refractivity contribution in [1.29, 1.82) is 5.26 Å². The Labute approximate surface area is 90.8 Å². The van der Waals surface area contributed by atoms with E-state index >= 15 is 0 Å². The molecule has 1 atom stereocenters. The Hall–Kier alpha value is -1.24. The zero-order valence-corrected chi connectivity index (χ0v) is 9.62. The average molecular weight is 210 g/mol. The molecule has 0 aromatic rings. The minimum atomic E-state index is -0.438. The van der Waals surface area contributed by atoms with Crippen molar-refractivity contribution in [1.82, 2.24) is 4.90 Å². The minimum absolute atomic E-state index is 0.208. The Morgan fingerprint density at radius 1 is 1.60 bits per heavy atom. The molecule has 0 aromatic carbocycles. The maximum absolute atomic E-state index is 11.6. The summed E-state index contributed by atoms with van der Waals surface area (Å²) in [5.41, 5.74) is -0.438. The van der Waals surface area contributed by atoms with Crippen LogP contribution >= 0.6 is 0 Å². The second-order valence-electron chi connectivity index (χ2n) is 4.81. The minimum Gasteiger partial charge on any atom is -0.444 e. The lowest BCUT2D eigenvalue weighted by Crippen LogP contribution is -2.52. The standard InChI is InChI=1S/C11H18N2O2/c1-11(2,3)15-10(14)13-8-6-9(13)5-4-7-12/h9H,4-6,8H2,1-3H3. The summed E-state index contributed by atoms with van der Waals surface area (Å²) in [5.74, 6) is 0. The van der Waals surface area contributed by atoms with Gasteiger partial charge in [0.05, 0.1) is 6.07 Å². The fourth-order valence-electron chi connectivity index (χ4n) is 1.53. The van der Waals surface area contributed by atoms with E-state index in [9.17, 15) is 4.79 Å². The predicted molar refractivity (Wildman–Crippen MR) is 56.2 cm³/mol. The summed E-state index contributed by atoms with van der Waals surface area (Å²) in [6.45, 7) is 6.32. The molecule has 0 bridgehead atoms. The molecule has 0 saturated carbocycles. The van der Waals surface area contributed by atoms with Gasteiger partial charge in [-0.15, -0.1) is 0 Å². The van der Waals surface area contributed by atoms with Crippen molar-refractivity contribution < 1.29 is 9.53 Å². The van der Waals surface area contributed by atoms with Crippen molar-refractivity contribution in [3.8, 4) is 6.07 Å². The van der Waals surface area contributed by atoms with E-state index in [0.717, 1.165) is 19.4 Å². The third kappa shape index (κ3) is 3.43. The average Bonchev–Trinajstić information content (AvgIpc) is 1.98. The molecule has 1 rings (SSSR count). The van der Waals surface area contributed by atoms with Crippen molar-refractivity contribution in [3.05, 3.63) is 0 Å². The first kappa shape index (κ1) is 11.8. The van der Waals surface area contributed by atoms with Gasteiger partial charge in [-0.05, 0) is 33.6 Å². The quantitative estimate of drug-likeness (QED) is 0.702. The number of carbonyl (C=O) groups is 1. The monoisotopic (exact) mass is 210 g/mol. The summed E-state index contributed by atoms with van der Waals surface area (Å²) in [5, 5.41) is 8.46. The third-order valence-electron chi connectivity index (χ3n) is 2.36. The molecule has 1 aliphatic rings. The summed E-state index contributed by atoms with van der Waals surface area (Å²) in [6.07, 6.45) is 2.00. The molecule has 0 N–H and O–H groups in total. The number of nitrogens with zero attached hydrogens (tertiary/aromatic N) is 2. The number of amides is 1. The van der Waals surface area contributed by atoms with E-state index in [1.165, 1.54) is 0 Å². The van der Waals surface area contributed by atoms with E-state index in [1.54, 1.807) is 4.90 Å². The van der Waals surface area contributed by atoms with Gasteiger partial charge in [0, 0.05) is 19.0 Å². The summed E-state index contributed by atoms with van der Waals surface area (Å²) in [6, 6.07) is 2.30. The van der Waals surface area contributed by atoms with Gasteiger partial charge in [-0.3, -0.25) is 0 Å². The number of hydrogen-bond donors (Lipinski definition) is 0. The van der Waals surface area contributed by atoms with Crippen LogP contribution in [0, 0.1) is 11.3 Å². The zero-order valence-electron chi connectivity index (χ0n) is 9.62. The van der Waals surface area contributed by atoms with Gasteiger partial charge >= 0.3 is 6.09 Å². The highest BCUT2D eigenvalue weighted by atomic mass is 16.6. The van der Waals surface area contributed by atoms with Crippen molar-refractivity contribution in [2.45, 2.75) is 51.7 Å². The van der Waals surface area contributed by atoms with Gasteiger partial charge in [-0.25, -0.2) is 4.79 Å². The van der Waals surface area contributed by atoms with Crippen LogP contribution in [-0.4, -0.2) is 29.2 Å². The van der Waals surface area contributed by atoms with Crippen molar-refractivity contribution in [3.63, 3.8) is 0 Å². The van der Waals surface area contributed by atoms with Crippen LogP contribution in [0.2, 0.25) is 0 Å². The van der Waals surface area contributed by atoms with Crippen LogP contribution in [0.4, 0.5) is 4.79 Å². The Bertz CT molecular complexity index is 275. The lowest BCUT2D eigenvalue weighted by Gasteiger charge is -2.41. The van der Waals surface area contributed by atoms with Gasteiger partial charge in [0.2, 0.25) is 0 Å². The summed E-state index contributed by atoms with van der Waals surface area (Å²) < 4.78 is 5.26. The summed E-state index contributed by atoms with van der Waals surface area (Å²) >= 11 is 0. The highest BCUT2D eigenvalue weighted by molar-refractivity contribution is 5.69. The van der Waals surface area contributed by atoms with Gasteiger partial charge in [-0.1, -0.05) is 0 Å². The second-order valence-corrected chi connectivity index (χ2v) is 4.81. The number of carbonyl (C=O) groups excluding carboxylic acids is 1. The predicted octanol–water partition coefficient (Wildman–Crippen LogP) is 2.30. The summed E-state index contributed by atoms with van der Waals surface area (Å²) in [4.78, 5) is 13.3. The maximum atomic E-state index is 11.6. The van der Waals surface area contributed by atoms with Gasteiger partial charge in [0.15, 0.2) is 0 Å². The molecule has 1 aliphatic heterocycles. The Morgan fingerprint density at radius 3 is 2.67 bits per heavy atom. The molecule has 84 valence electrons. The van der Waals surface area contributed by atoms with E-state index < -0.39 is 5.60 Å². The molecule has 1 heterocycles. The first-order valence-corrected chi connectivity index (χ1v) is 5.30. The fourth-order valence-corrected chi connectivity index (χ4v) is 1.53. The molecular weight excluding hydrogens is 192 g/mol. The van der Waals surface area contributed by atoms with E-state index in [1.807, 2.05) is 20.8 Å². The number of likely N-dealkylation sites (tertiary alicyclic amines) is 1. The van der Waals surface area contributed by atoms with Gasteiger partial charge in [0.25, 0.3) is 0 Å². The van der Waals surface area contributed by atoms with E-state index in [4.69, 9.17) is 10.00 Å². The van der Waals surface area contributed by atoms with Crippen LogP contribution in [0.5, 0.6) is 0 Å². The molecule has 0 aliphatic carbocycles. The van der Waals surface area contributed by atoms with Crippen LogP contribution in [0.1, 0.15) is 40.0 Å². The van der Waals surface area contributed by atoms with Crippen LogP contribution in [-0.2, 0) is 4.74 Å². The van der Waals surface area contributed by atoms with Crippen LogP contribution in [0.15, 0.2) is 0 Å². The van der Waals surface area contributed by atoms with E-state index in [-0.39, 0.29) is 12.1 Å². The van der Waals surface area contributed by atoms with E-state index in [2.05, 4.69) is 6.07 Å². The number of nitriles is 1. The molecule has 4 heteroatoms. The zero-order chi connectivity index (χ0) is 11.5. The second kappa shape index (κ2) is 4.52. The maximum Gasteiger partial charge on any atom is 0.410 e. The topological polar surface area (TPSA) is 53.3 Å². The van der Waals surface area contributed by atoms with Crippen molar-refractivity contribution in [2.75, 3.05) is 6.54 Å². The molecule has 4 nitrogen and oxygen atoms in total. The first-order chi connectivity index (χ1) is 6.94. The molecule has 1 fully saturated rings. The first-order valence-electron chi connectivity index (χ1n) is 5.30. The Kier molecular flexibility index (Phi) is 3.57. The molecule has 0 radical (unpaired) electrons. The Balaban J connectivity index is 2.38. The van der Waals surface area contributed by atoms with Gasteiger partial charge in [-0.2, -0.15) is 5.26 Å². The van der Waals surface area contributed by atoms with Crippen LogP contribution < -0.4 is 0 Å². The number of hydrogen-bond acceptors (Lipinski definition) is 3. The van der Waals surface area contributed by atoms with Gasteiger partial charge in [0.1, 0.15) is 5.60 Å².